The van der Waals surface area contributed by atoms with Crippen LogP contribution in [-0.4, -0.2) is 5.91 Å². The minimum Gasteiger partial charge on any atom is -0.360 e. The van der Waals surface area contributed by atoms with Crippen molar-refractivity contribution in [3.05, 3.63) is 70.9 Å². The molecule has 0 aliphatic carbocycles. The first-order valence-electron chi connectivity index (χ1n) is 7.54. The first-order valence-corrected chi connectivity index (χ1v) is 7.92. The maximum Gasteiger partial charge on any atom is 0.267 e. The van der Waals surface area contributed by atoms with E-state index in [-0.39, 0.29) is 5.57 Å². The molecule has 2 aromatic carbocycles. The van der Waals surface area contributed by atoms with E-state index in [9.17, 15) is 10.1 Å². The minimum atomic E-state index is -0.514. The van der Waals surface area contributed by atoms with Gasteiger partial charge in [-0.25, -0.2) is 0 Å². The highest BCUT2D eigenvalue weighted by atomic mass is 35.5. The Labute approximate surface area is 146 Å². The highest BCUT2D eigenvalue weighted by Gasteiger charge is 2.11. The number of carbonyl (C=O) groups excluding carboxylic acids is 1. The predicted octanol–water partition coefficient (Wildman–Crippen LogP) is 4.92. The number of nitrogens with one attached hydrogen (secondary N) is 2. The Balaban J connectivity index is 2.17. The van der Waals surface area contributed by atoms with Crippen molar-refractivity contribution in [3.63, 3.8) is 0 Å². The van der Waals surface area contributed by atoms with Crippen LogP contribution in [0.3, 0.4) is 0 Å². The lowest BCUT2D eigenvalue weighted by atomic mass is 10.0. The summed E-state index contributed by atoms with van der Waals surface area (Å²) in [7, 11) is 0. The lowest BCUT2D eigenvalue weighted by Gasteiger charge is -2.12. The van der Waals surface area contributed by atoms with Gasteiger partial charge in [-0.05, 0) is 29.7 Å². The number of carbonyl (C=O) groups is 1. The Kier molecular flexibility index (Phi) is 6.00. The number of amides is 1. The van der Waals surface area contributed by atoms with E-state index in [1.54, 1.807) is 24.3 Å². The number of nitrogens with zero attached hydrogens (tertiary/aromatic N) is 1. The minimum absolute atomic E-state index is 0.0338. The molecule has 2 rings (SSSR count). The molecule has 0 atom stereocenters. The molecule has 2 N–H and O–H groups in total. The van der Waals surface area contributed by atoms with Crippen molar-refractivity contribution in [1.82, 2.24) is 0 Å². The summed E-state index contributed by atoms with van der Waals surface area (Å²) in [5.41, 5.74) is 2.41. The smallest absolute Gasteiger partial charge is 0.267 e. The number of halogens is 1. The molecule has 24 heavy (non-hydrogen) atoms. The SMILES string of the molecule is CC(C)c1ccccc1N/C=C(/C#N)C(=O)Nc1ccccc1Cl. The molecule has 0 aliphatic heterocycles. The molecule has 0 heterocycles. The van der Waals surface area contributed by atoms with Crippen molar-refractivity contribution in [2.75, 3.05) is 10.6 Å². The van der Waals surface area contributed by atoms with E-state index in [1.165, 1.54) is 6.20 Å². The summed E-state index contributed by atoms with van der Waals surface area (Å²) in [6, 6.07) is 16.6. The third-order valence-electron chi connectivity index (χ3n) is 3.44. The van der Waals surface area contributed by atoms with Crippen LogP contribution < -0.4 is 10.6 Å². The van der Waals surface area contributed by atoms with Gasteiger partial charge in [-0.2, -0.15) is 5.26 Å². The molecule has 5 heteroatoms. The molecule has 0 saturated carbocycles. The molecular weight excluding hydrogens is 322 g/mol. The molecule has 2 aromatic rings. The fraction of sp³-hybridized carbons (Fsp3) is 0.158. The van der Waals surface area contributed by atoms with Gasteiger partial charge in [0.1, 0.15) is 11.6 Å². The van der Waals surface area contributed by atoms with Crippen LogP contribution in [0.15, 0.2) is 60.3 Å². The molecule has 0 fully saturated rings. The molecule has 4 nitrogen and oxygen atoms in total. The van der Waals surface area contributed by atoms with Gasteiger partial charge in [-0.15, -0.1) is 0 Å². The van der Waals surface area contributed by atoms with Crippen molar-refractivity contribution >= 4 is 28.9 Å². The number of benzene rings is 2. The zero-order valence-electron chi connectivity index (χ0n) is 13.5. The van der Waals surface area contributed by atoms with Crippen molar-refractivity contribution < 1.29 is 4.79 Å². The summed E-state index contributed by atoms with van der Waals surface area (Å²) in [4.78, 5) is 12.2. The average Bonchev–Trinajstić information content (AvgIpc) is 2.57. The van der Waals surface area contributed by atoms with Crippen LogP contribution in [0.1, 0.15) is 25.3 Å². The van der Waals surface area contributed by atoms with Crippen LogP contribution in [0.4, 0.5) is 11.4 Å². The highest BCUT2D eigenvalue weighted by molar-refractivity contribution is 6.33. The topological polar surface area (TPSA) is 64.9 Å². The largest absolute Gasteiger partial charge is 0.360 e. The number of para-hydroxylation sites is 2. The summed E-state index contributed by atoms with van der Waals surface area (Å²) in [6.07, 6.45) is 1.41. The first kappa shape index (κ1) is 17.6. The standard InChI is InChI=1S/C19H18ClN3O/c1-13(2)15-7-3-5-9-17(15)22-12-14(11-21)19(24)23-18-10-6-4-8-16(18)20/h3-10,12-13,22H,1-2H3,(H,23,24)/b14-12-. The second kappa shape index (κ2) is 8.19. The third-order valence-corrected chi connectivity index (χ3v) is 3.77. The van der Waals surface area contributed by atoms with Gasteiger partial charge in [0.25, 0.3) is 5.91 Å². The van der Waals surface area contributed by atoms with E-state index >= 15 is 0 Å². The molecule has 0 spiro atoms. The van der Waals surface area contributed by atoms with Gasteiger partial charge in [0, 0.05) is 11.9 Å². The van der Waals surface area contributed by atoms with Gasteiger partial charge in [-0.3, -0.25) is 4.79 Å². The first-order chi connectivity index (χ1) is 11.5. The molecule has 0 saturated heterocycles. The summed E-state index contributed by atoms with van der Waals surface area (Å²) >= 11 is 6.01. The summed E-state index contributed by atoms with van der Waals surface area (Å²) in [5, 5.41) is 15.3. The Morgan fingerprint density at radius 3 is 2.38 bits per heavy atom. The number of rotatable bonds is 5. The van der Waals surface area contributed by atoms with Gasteiger partial charge in [0.15, 0.2) is 0 Å². The van der Waals surface area contributed by atoms with E-state index in [4.69, 9.17) is 11.6 Å². The molecule has 0 aliphatic rings. The third kappa shape index (κ3) is 4.37. The predicted molar refractivity (Wildman–Crippen MR) is 97.9 cm³/mol. The molecule has 0 radical (unpaired) electrons. The van der Waals surface area contributed by atoms with E-state index in [0.717, 1.165) is 11.3 Å². The Morgan fingerprint density at radius 1 is 1.12 bits per heavy atom. The van der Waals surface area contributed by atoms with E-state index in [0.29, 0.717) is 16.6 Å². The van der Waals surface area contributed by atoms with Crippen LogP contribution in [0.25, 0.3) is 0 Å². The van der Waals surface area contributed by atoms with E-state index in [2.05, 4.69) is 24.5 Å². The zero-order valence-corrected chi connectivity index (χ0v) is 14.3. The van der Waals surface area contributed by atoms with Crippen LogP contribution in [-0.2, 0) is 4.79 Å². The molecule has 0 unspecified atom stereocenters. The highest BCUT2D eigenvalue weighted by Crippen LogP contribution is 2.24. The second-order valence-electron chi connectivity index (χ2n) is 5.49. The molecule has 1 amide bonds. The van der Waals surface area contributed by atoms with Crippen LogP contribution in [0, 0.1) is 11.3 Å². The van der Waals surface area contributed by atoms with Crippen molar-refractivity contribution in [2.24, 2.45) is 0 Å². The lowest BCUT2D eigenvalue weighted by molar-refractivity contribution is -0.112. The van der Waals surface area contributed by atoms with Crippen molar-refractivity contribution in [2.45, 2.75) is 19.8 Å². The van der Waals surface area contributed by atoms with Crippen molar-refractivity contribution in [3.8, 4) is 6.07 Å². The van der Waals surface area contributed by atoms with Crippen LogP contribution in [0.2, 0.25) is 5.02 Å². The van der Waals surface area contributed by atoms with Crippen LogP contribution in [0.5, 0.6) is 0 Å². The maximum absolute atomic E-state index is 12.2. The lowest BCUT2D eigenvalue weighted by Crippen LogP contribution is -2.15. The number of hydrogen-bond donors (Lipinski definition) is 2. The number of nitriles is 1. The number of anilines is 2. The van der Waals surface area contributed by atoms with Crippen LogP contribution >= 0.6 is 11.6 Å². The molecule has 0 bridgehead atoms. The average molecular weight is 340 g/mol. The summed E-state index contributed by atoms with van der Waals surface area (Å²) < 4.78 is 0. The monoisotopic (exact) mass is 339 g/mol. The Bertz CT molecular complexity index is 806. The molecule has 0 aromatic heterocycles. The van der Waals surface area contributed by atoms with Gasteiger partial charge in [0.2, 0.25) is 0 Å². The maximum atomic E-state index is 12.2. The Morgan fingerprint density at radius 2 is 1.75 bits per heavy atom. The van der Waals surface area contributed by atoms with E-state index in [1.807, 2.05) is 30.3 Å². The molecule has 122 valence electrons. The summed E-state index contributed by atoms with van der Waals surface area (Å²) in [5.74, 6) is -0.190. The zero-order chi connectivity index (χ0) is 17.5. The van der Waals surface area contributed by atoms with Gasteiger partial charge < -0.3 is 10.6 Å². The fourth-order valence-electron chi connectivity index (χ4n) is 2.18. The summed E-state index contributed by atoms with van der Waals surface area (Å²) in [6.45, 7) is 4.17. The van der Waals surface area contributed by atoms with E-state index < -0.39 is 5.91 Å². The second-order valence-corrected chi connectivity index (χ2v) is 5.90. The van der Waals surface area contributed by atoms with Crippen molar-refractivity contribution in [1.29, 1.82) is 5.26 Å². The Hall–Kier alpha value is -2.77. The van der Waals surface area contributed by atoms with Gasteiger partial charge in [0.05, 0.1) is 10.7 Å². The van der Waals surface area contributed by atoms with Gasteiger partial charge >= 0.3 is 0 Å². The quantitative estimate of drug-likeness (QED) is 0.600. The normalized spacial score (nSPS) is 11.0. The number of hydrogen-bond acceptors (Lipinski definition) is 3. The fourth-order valence-corrected chi connectivity index (χ4v) is 2.37. The van der Waals surface area contributed by atoms with Gasteiger partial charge in [-0.1, -0.05) is 55.8 Å². The molecular formula is C19H18ClN3O.